The molecule has 0 spiro atoms. The largest absolute Gasteiger partial charge is 0.319 e. The molecule has 0 unspecified atom stereocenters. The van der Waals surface area contributed by atoms with Crippen LogP contribution in [0.25, 0.3) is 17.1 Å². The Bertz CT molecular complexity index is 1190. The Hall–Kier alpha value is -2.96. The molecule has 0 radical (unpaired) electrons. The SMILES string of the molecule is Cc1cccc(-n2nc(C(=O)Nc3ccc(Br)cc3C)nc2-c2cccc(Cl)c2)c1. The molecule has 0 fully saturated rings. The van der Waals surface area contributed by atoms with Crippen LogP contribution in [0.5, 0.6) is 0 Å². The molecule has 0 bridgehead atoms. The van der Waals surface area contributed by atoms with Gasteiger partial charge in [-0.05, 0) is 67.4 Å². The lowest BCUT2D eigenvalue weighted by Crippen LogP contribution is -2.15. The number of nitrogens with zero attached hydrogens (tertiary/aromatic N) is 3. The summed E-state index contributed by atoms with van der Waals surface area (Å²) in [5.74, 6) is 0.240. The van der Waals surface area contributed by atoms with E-state index in [1.54, 1.807) is 16.8 Å². The highest BCUT2D eigenvalue weighted by Gasteiger charge is 2.20. The zero-order valence-corrected chi connectivity index (χ0v) is 18.7. The molecule has 1 amide bonds. The summed E-state index contributed by atoms with van der Waals surface area (Å²) in [6.07, 6.45) is 0. The third kappa shape index (κ3) is 4.30. The van der Waals surface area contributed by atoms with E-state index < -0.39 is 0 Å². The highest BCUT2D eigenvalue weighted by atomic mass is 79.9. The molecule has 0 aliphatic heterocycles. The first-order chi connectivity index (χ1) is 14.4. The summed E-state index contributed by atoms with van der Waals surface area (Å²) in [4.78, 5) is 17.5. The van der Waals surface area contributed by atoms with Crippen LogP contribution in [0.1, 0.15) is 21.7 Å². The molecule has 5 nitrogen and oxygen atoms in total. The Morgan fingerprint density at radius 3 is 2.57 bits per heavy atom. The minimum atomic E-state index is -0.380. The van der Waals surface area contributed by atoms with Crippen LogP contribution < -0.4 is 5.32 Å². The summed E-state index contributed by atoms with van der Waals surface area (Å²) in [5, 5.41) is 7.99. The second-order valence-corrected chi connectivity index (χ2v) is 8.29. The molecule has 0 saturated carbocycles. The molecule has 3 aromatic carbocycles. The lowest BCUT2D eigenvalue weighted by molar-refractivity contribution is 0.101. The molecule has 4 rings (SSSR count). The van der Waals surface area contributed by atoms with Gasteiger partial charge >= 0.3 is 0 Å². The van der Waals surface area contributed by atoms with Gasteiger partial charge in [-0.1, -0.05) is 51.8 Å². The molecule has 150 valence electrons. The molecule has 0 aliphatic carbocycles. The predicted octanol–water partition coefficient (Wildman–Crippen LogP) is 6.22. The number of carbonyl (C=O) groups is 1. The van der Waals surface area contributed by atoms with Crippen molar-refractivity contribution < 1.29 is 4.79 Å². The highest BCUT2D eigenvalue weighted by Crippen LogP contribution is 2.25. The summed E-state index contributed by atoms with van der Waals surface area (Å²) in [6, 6.07) is 20.8. The number of benzene rings is 3. The van der Waals surface area contributed by atoms with Gasteiger partial charge in [-0.15, -0.1) is 5.10 Å². The van der Waals surface area contributed by atoms with Gasteiger partial charge in [0.25, 0.3) is 5.91 Å². The van der Waals surface area contributed by atoms with Gasteiger partial charge < -0.3 is 5.32 Å². The zero-order valence-electron chi connectivity index (χ0n) is 16.4. The van der Waals surface area contributed by atoms with Crippen LogP contribution in [0.2, 0.25) is 5.02 Å². The summed E-state index contributed by atoms with van der Waals surface area (Å²) < 4.78 is 2.62. The van der Waals surface area contributed by atoms with Crippen molar-refractivity contribution in [2.45, 2.75) is 13.8 Å². The minimum Gasteiger partial charge on any atom is -0.319 e. The van der Waals surface area contributed by atoms with Crippen molar-refractivity contribution >= 4 is 39.1 Å². The second kappa shape index (κ2) is 8.42. The van der Waals surface area contributed by atoms with Crippen LogP contribution in [0, 0.1) is 13.8 Å². The number of aryl methyl sites for hydroxylation is 2. The van der Waals surface area contributed by atoms with Crippen molar-refractivity contribution in [1.29, 1.82) is 0 Å². The Kier molecular flexibility index (Phi) is 5.70. The molecular weight excluding hydrogens is 464 g/mol. The Morgan fingerprint density at radius 2 is 1.83 bits per heavy atom. The molecule has 30 heavy (non-hydrogen) atoms. The molecule has 1 N–H and O–H groups in total. The van der Waals surface area contributed by atoms with Crippen LogP contribution in [-0.2, 0) is 0 Å². The third-order valence-electron chi connectivity index (χ3n) is 4.58. The maximum atomic E-state index is 12.9. The summed E-state index contributed by atoms with van der Waals surface area (Å²) in [5.41, 5.74) is 4.31. The van der Waals surface area contributed by atoms with E-state index in [1.165, 1.54) is 0 Å². The highest BCUT2D eigenvalue weighted by molar-refractivity contribution is 9.10. The van der Waals surface area contributed by atoms with Crippen molar-refractivity contribution in [3.8, 4) is 17.1 Å². The molecule has 0 aliphatic rings. The van der Waals surface area contributed by atoms with E-state index in [1.807, 2.05) is 68.4 Å². The van der Waals surface area contributed by atoms with E-state index in [0.29, 0.717) is 16.5 Å². The molecule has 1 heterocycles. The number of nitrogens with one attached hydrogen (secondary N) is 1. The number of anilines is 1. The monoisotopic (exact) mass is 480 g/mol. The van der Waals surface area contributed by atoms with Gasteiger partial charge in [0.15, 0.2) is 5.82 Å². The van der Waals surface area contributed by atoms with Gasteiger partial charge in [-0.3, -0.25) is 4.79 Å². The Morgan fingerprint density at radius 1 is 1.03 bits per heavy atom. The maximum absolute atomic E-state index is 12.9. The Balaban J connectivity index is 1.77. The van der Waals surface area contributed by atoms with Gasteiger partial charge in [0.1, 0.15) is 0 Å². The van der Waals surface area contributed by atoms with Gasteiger partial charge in [0, 0.05) is 20.7 Å². The number of halogens is 2. The van der Waals surface area contributed by atoms with Crippen LogP contribution >= 0.6 is 27.5 Å². The Labute approximate surface area is 187 Å². The summed E-state index contributed by atoms with van der Waals surface area (Å²) >= 11 is 9.62. The van der Waals surface area contributed by atoms with Crippen LogP contribution in [0.15, 0.2) is 71.2 Å². The van der Waals surface area contributed by atoms with Crippen LogP contribution in [0.4, 0.5) is 5.69 Å². The number of rotatable bonds is 4. The van der Waals surface area contributed by atoms with E-state index in [4.69, 9.17) is 11.6 Å². The summed E-state index contributed by atoms with van der Waals surface area (Å²) in [6.45, 7) is 3.93. The van der Waals surface area contributed by atoms with E-state index >= 15 is 0 Å². The zero-order chi connectivity index (χ0) is 21.3. The molecule has 0 saturated heterocycles. The first-order valence-electron chi connectivity index (χ1n) is 9.28. The van der Waals surface area contributed by atoms with Crippen molar-refractivity contribution in [2.75, 3.05) is 5.32 Å². The standard InChI is InChI=1S/C23H18BrClN4O/c1-14-5-3-8-19(11-14)29-22(16-6-4-7-18(25)13-16)27-21(28-29)23(30)26-20-10-9-17(24)12-15(20)2/h3-13H,1-2H3,(H,26,30). The van der Waals surface area contributed by atoms with Crippen molar-refractivity contribution in [3.05, 3.63) is 93.2 Å². The number of amides is 1. The third-order valence-corrected chi connectivity index (χ3v) is 5.30. The predicted molar refractivity (Wildman–Crippen MR) is 123 cm³/mol. The number of hydrogen-bond acceptors (Lipinski definition) is 3. The van der Waals surface area contributed by atoms with Gasteiger partial charge in [0.2, 0.25) is 5.82 Å². The van der Waals surface area contributed by atoms with Crippen LogP contribution in [0.3, 0.4) is 0 Å². The molecule has 4 aromatic rings. The minimum absolute atomic E-state index is 0.0776. The number of carbonyl (C=O) groups excluding carboxylic acids is 1. The number of aromatic nitrogens is 3. The van der Waals surface area contributed by atoms with Gasteiger partial charge in [-0.2, -0.15) is 0 Å². The first-order valence-corrected chi connectivity index (χ1v) is 10.5. The van der Waals surface area contributed by atoms with E-state index in [0.717, 1.165) is 26.9 Å². The van der Waals surface area contributed by atoms with Crippen molar-refractivity contribution in [2.24, 2.45) is 0 Å². The van der Waals surface area contributed by atoms with Gasteiger partial charge in [0.05, 0.1) is 5.69 Å². The smallest absolute Gasteiger partial charge is 0.295 e. The van der Waals surface area contributed by atoms with Crippen molar-refractivity contribution in [3.63, 3.8) is 0 Å². The average Bonchev–Trinajstić information content (AvgIpc) is 3.16. The lowest BCUT2D eigenvalue weighted by Gasteiger charge is -2.07. The summed E-state index contributed by atoms with van der Waals surface area (Å²) in [7, 11) is 0. The van der Waals surface area contributed by atoms with Crippen molar-refractivity contribution in [1.82, 2.24) is 14.8 Å². The van der Waals surface area contributed by atoms with Gasteiger partial charge in [-0.25, -0.2) is 9.67 Å². The normalized spacial score (nSPS) is 10.8. The van der Waals surface area contributed by atoms with E-state index in [9.17, 15) is 4.79 Å². The molecule has 7 heteroatoms. The van der Waals surface area contributed by atoms with E-state index in [-0.39, 0.29) is 11.7 Å². The topological polar surface area (TPSA) is 59.8 Å². The maximum Gasteiger partial charge on any atom is 0.295 e. The fraction of sp³-hybridized carbons (Fsp3) is 0.0870. The van der Waals surface area contributed by atoms with E-state index in [2.05, 4.69) is 31.3 Å². The molecule has 1 aromatic heterocycles. The quantitative estimate of drug-likeness (QED) is 0.376. The molecule has 0 atom stereocenters. The second-order valence-electron chi connectivity index (χ2n) is 6.93. The van der Waals surface area contributed by atoms with Crippen LogP contribution in [-0.4, -0.2) is 20.7 Å². The fourth-order valence-electron chi connectivity index (χ4n) is 3.11. The lowest BCUT2D eigenvalue weighted by atomic mass is 10.2. The fourth-order valence-corrected chi connectivity index (χ4v) is 3.77. The average molecular weight is 482 g/mol. The first kappa shape index (κ1) is 20.3. The molecular formula is C23H18BrClN4O. The number of hydrogen-bond donors (Lipinski definition) is 1.